The number of benzene rings is 1. The molecule has 0 radical (unpaired) electrons. The summed E-state index contributed by atoms with van der Waals surface area (Å²) >= 11 is 0. The Morgan fingerprint density at radius 3 is 2.94 bits per heavy atom. The Morgan fingerprint density at radius 1 is 1.56 bits per heavy atom. The van der Waals surface area contributed by atoms with E-state index in [1.807, 2.05) is 6.07 Å². The number of nitrogens with one attached hydrogen (secondary N) is 4. The van der Waals surface area contributed by atoms with E-state index in [0.717, 1.165) is 5.56 Å². The van der Waals surface area contributed by atoms with Gasteiger partial charge in [0.15, 0.2) is 5.03 Å². The van der Waals surface area contributed by atoms with Crippen LogP contribution in [0.5, 0.6) is 0 Å². The van der Waals surface area contributed by atoms with Crippen molar-refractivity contribution in [1.82, 2.24) is 10.9 Å². The standard InChI is InChI=1S/C8H12N6O2/c9-8(13-14(15)16)12-7-3-1-2-6(4-7)5-11-10/h1-4,11H,5,10H2,(H3,9,12,13). The van der Waals surface area contributed by atoms with E-state index >= 15 is 0 Å². The molecule has 0 aliphatic carbocycles. The lowest BCUT2D eigenvalue weighted by atomic mass is 10.2. The average molecular weight is 224 g/mol. The summed E-state index contributed by atoms with van der Waals surface area (Å²) in [7, 11) is 0. The highest BCUT2D eigenvalue weighted by Gasteiger charge is 2.03. The number of guanidine groups is 1. The van der Waals surface area contributed by atoms with Crippen LogP contribution in [0, 0.1) is 15.5 Å². The molecule has 16 heavy (non-hydrogen) atoms. The Bertz CT molecular complexity index is 394. The van der Waals surface area contributed by atoms with Crippen molar-refractivity contribution in [2.45, 2.75) is 6.54 Å². The van der Waals surface area contributed by atoms with E-state index in [-0.39, 0.29) is 0 Å². The first-order valence-corrected chi connectivity index (χ1v) is 4.41. The summed E-state index contributed by atoms with van der Waals surface area (Å²) < 4.78 is 0. The molecule has 0 saturated carbocycles. The SMILES string of the molecule is N=C(Nc1cccc(CNN)c1)N[N+](=O)[O-]. The van der Waals surface area contributed by atoms with Crippen LogP contribution >= 0.6 is 0 Å². The lowest BCUT2D eigenvalue weighted by Crippen LogP contribution is -2.34. The van der Waals surface area contributed by atoms with Gasteiger partial charge in [0, 0.05) is 12.2 Å². The minimum atomic E-state index is -0.805. The maximum absolute atomic E-state index is 10.1. The van der Waals surface area contributed by atoms with E-state index in [9.17, 15) is 10.1 Å². The van der Waals surface area contributed by atoms with Crippen LogP contribution in [0.1, 0.15) is 5.56 Å². The summed E-state index contributed by atoms with van der Waals surface area (Å²) in [6.45, 7) is 0.478. The molecule has 0 atom stereocenters. The molecule has 0 bridgehead atoms. The van der Waals surface area contributed by atoms with E-state index in [0.29, 0.717) is 12.2 Å². The van der Waals surface area contributed by atoms with Gasteiger partial charge in [-0.15, -0.1) is 0 Å². The second kappa shape index (κ2) is 5.63. The van der Waals surface area contributed by atoms with Gasteiger partial charge in [-0.05, 0) is 17.7 Å². The van der Waals surface area contributed by atoms with Crippen molar-refractivity contribution in [3.8, 4) is 0 Å². The zero-order valence-electron chi connectivity index (χ0n) is 8.36. The molecule has 0 amide bonds. The van der Waals surface area contributed by atoms with E-state index in [1.165, 1.54) is 0 Å². The Labute approximate surface area is 91.4 Å². The predicted octanol–water partition coefficient (Wildman–Crippen LogP) is -0.222. The van der Waals surface area contributed by atoms with Crippen LogP contribution in [-0.4, -0.2) is 11.0 Å². The number of hydrogen-bond donors (Lipinski definition) is 5. The highest BCUT2D eigenvalue weighted by Crippen LogP contribution is 2.09. The minimum Gasteiger partial charge on any atom is -0.322 e. The van der Waals surface area contributed by atoms with Crippen molar-refractivity contribution in [3.05, 3.63) is 39.9 Å². The van der Waals surface area contributed by atoms with Crippen LogP contribution in [-0.2, 0) is 6.54 Å². The molecule has 0 unspecified atom stereocenters. The Hall–Kier alpha value is -2.19. The first kappa shape index (κ1) is 11.9. The molecule has 0 heterocycles. The van der Waals surface area contributed by atoms with Gasteiger partial charge in [-0.2, -0.15) is 0 Å². The van der Waals surface area contributed by atoms with Crippen molar-refractivity contribution in [2.75, 3.05) is 5.32 Å². The van der Waals surface area contributed by atoms with Crippen molar-refractivity contribution in [1.29, 1.82) is 5.41 Å². The molecule has 0 aromatic heterocycles. The normalized spacial score (nSPS) is 9.56. The van der Waals surface area contributed by atoms with Crippen LogP contribution < -0.4 is 22.0 Å². The van der Waals surface area contributed by atoms with Crippen LogP contribution in [0.2, 0.25) is 0 Å². The molecular weight excluding hydrogens is 212 g/mol. The monoisotopic (exact) mass is 224 g/mol. The summed E-state index contributed by atoms with van der Waals surface area (Å²) in [5, 5.41) is 19.0. The fourth-order valence-corrected chi connectivity index (χ4v) is 1.14. The molecule has 0 spiro atoms. The van der Waals surface area contributed by atoms with Gasteiger partial charge < -0.3 is 5.32 Å². The van der Waals surface area contributed by atoms with Crippen LogP contribution in [0.3, 0.4) is 0 Å². The molecule has 0 aliphatic heterocycles. The number of anilines is 1. The van der Waals surface area contributed by atoms with Gasteiger partial charge in [-0.25, -0.2) is 10.1 Å². The smallest absolute Gasteiger partial charge is 0.255 e. The zero-order chi connectivity index (χ0) is 12.0. The third-order valence-corrected chi connectivity index (χ3v) is 1.71. The average Bonchev–Trinajstić information content (AvgIpc) is 2.17. The highest BCUT2D eigenvalue weighted by atomic mass is 16.7. The van der Waals surface area contributed by atoms with Crippen molar-refractivity contribution in [2.24, 2.45) is 5.84 Å². The molecule has 8 heteroatoms. The number of rotatable bonds is 4. The summed E-state index contributed by atoms with van der Waals surface area (Å²) in [5.74, 6) is 4.76. The summed E-state index contributed by atoms with van der Waals surface area (Å²) in [6.07, 6.45) is 0. The first-order chi connectivity index (χ1) is 7.61. The second-order valence-corrected chi connectivity index (χ2v) is 2.95. The molecule has 1 aromatic carbocycles. The van der Waals surface area contributed by atoms with E-state index in [1.54, 1.807) is 23.6 Å². The van der Waals surface area contributed by atoms with Crippen LogP contribution in [0.15, 0.2) is 24.3 Å². The Kier molecular flexibility index (Phi) is 4.18. The number of nitro groups is 1. The topological polar surface area (TPSA) is 129 Å². The quantitative estimate of drug-likeness (QED) is 0.158. The molecule has 1 aromatic rings. The number of hydrazine groups is 2. The number of nitrogens with two attached hydrogens (primary N) is 1. The fourth-order valence-electron chi connectivity index (χ4n) is 1.14. The van der Waals surface area contributed by atoms with Gasteiger partial charge in [0.2, 0.25) is 0 Å². The van der Waals surface area contributed by atoms with Crippen molar-refractivity contribution >= 4 is 11.6 Å². The lowest BCUT2D eigenvalue weighted by molar-refractivity contribution is -0.525. The predicted molar refractivity (Wildman–Crippen MR) is 58.9 cm³/mol. The van der Waals surface area contributed by atoms with E-state index < -0.39 is 11.0 Å². The number of hydrogen-bond acceptors (Lipinski definition) is 5. The van der Waals surface area contributed by atoms with Crippen LogP contribution in [0.25, 0.3) is 0 Å². The highest BCUT2D eigenvalue weighted by molar-refractivity contribution is 5.90. The molecule has 6 N–H and O–H groups in total. The van der Waals surface area contributed by atoms with Crippen LogP contribution in [0.4, 0.5) is 5.69 Å². The molecule has 0 fully saturated rings. The Morgan fingerprint density at radius 2 is 2.31 bits per heavy atom. The summed E-state index contributed by atoms with van der Waals surface area (Å²) in [4.78, 5) is 10.1. The van der Waals surface area contributed by atoms with E-state index in [4.69, 9.17) is 11.3 Å². The van der Waals surface area contributed by atoms with Gasteiger partial charge in [-0.1, -0.05) is 17.6 Å². The minimum absolute atomic E-state index is 0.400. The van der Waals surface area contributed by atoms with Gasteiger partial charge in [0.05, 0.1) is 0 Å². The van der Waals surface area contributed by atoms with E-state index in [2.05, 4.69) is 10.7 Å². The molecule has 86 valence electrons. The molecular formula is C8H12N6O2. The van der Waals surface area contributed by atoms with Gasteiger partial charge in [-0.3, -0.25) is 16.7 Å². The largest absolute Gasteiger partial charge is 0.322 e. The van der Waals surface area contributed by atoms with Crippen molar-refractivity contribution < 1.29 is 5.03 Å². The third kappa shape index (κ3) is 3.90. The molecule has 0 saturated heterocycles. The fraction of sp³-hybridized carbons (Fsp3) is 0.125. The third-order valence-electron chi connectivity index (χ3n) is 1.71. The molecule has 8 nitrogen and oxygen atoms in total. The molecule has 0 aliphatic rings. The number of nitrogens with zero attached hydrogens (tertiary/aromatic N) is 1. The maximum atomic E-state index is 10.1. The Balaban J connectivity index is 2.62. The second-order valence-electron chi connectivity index (χ2n) is 2.95. The summed E-state index contributed by atoms with van der Waals surface area (Å²) in [6, 6.07) is 7.02. The van der Waals surface area contributed by atoms with Gasteiger partial charge in [0.25, 0.3) is 5.96 Å². The van der Waals surface area contributed by atoms with Gasteiger partial charge in [0.1, 0.15) is 0 Å². The molecule has 1 rings (SSSR count). The maximum Gasteiger partial charge on any atom is 0.255 e. The first-order valence-electron chi connectivity index (χ1n) is 4.41. The lowest BCUT2D eigenvalue weighted by Gasteiger charge is -2.06. The van der Waals surface area contributed by atoms with Crippen molar-refractivity contribution in [3.63, 3.8) is 0 Å². The van der Waals surface area contributed by atoms with Gasteiger partial charge >= 0.3 is 0 Å². The summed E-state index contributed by atoms with van der Waals surface area (Å²) in [5.41, 5.74) is 5.67. The zero-order valence-corrected chi connectivity index (χ0v) is 8.36.